The standard InChI is InChI=1S/C13H17Br2NO2/c1-16-7-8-5-9(14)13(10(15)6-8)18-12-4-2-3-11(12)17/h5-6,11-12,16-17H,2-4,7H2,1H3. The molecular weight excluding hydrogens is 362 g/mol. The second kappa shape index (κ2) is 6.37. The molecule has 2 N–H and O–H groups in total. The van der Waals surface area contributed by atoms with Crippen LogP contribution in [0, 0.1) is 0 Å². The molecule has 1 aliphatic carbocycles. The number of aliphatic hydroxyl groups is 1. The fraction of sp³-hybridized carbons (Fsp3) is 0.538. The van der Waals surface area contributed by atoms with Gasteiger partial charge in [0.15, 0.2) is 0 Å². The number of nitrogens with one attached hydrogen (secondary N) is 1. The molecule has 0 radical (unpaired) electrons. The average molecular weight is 379 g/mol. The molecule has 1 fully saturated rings. The quantitative estimate of drug-likeness (QED) is 0.845. The summed E-state index contributed by atoms with van der Waals surface area (Å²) in [6, 6.07) is 4.08. The molecule has 5 heteroatoms. The van der Waals surface area contributed by atoms with E-state index in [4.69, 9.17) is 4.74 Å². The molecule has 1 aromatic rings. The largest absolute Gasteiger partial charge is 0.485 e. The molecule has 0 saturated heterocycles. The molecule has 2 atom stereocenters. The summed E-state index contributed by atoms with van der Waals surface area (Å²) < 4.78 is 7.75. The van der Waals surface area contributed by atoms with Crippen LogP contribution in [0.4, 0.5) is 0 Å². The van der Waals surface area contributed by atoms with Crippen molar-refractivity contribution in [3.05, 3.63) is 26.6 Å². The first-order valence-electron chi connectivity index (χ1n) is 6.09. The van der Waals surface area contributed by atoms with Crippen molar-refractivity contribution in [2.75, 3.05) is 7.05 Å². The van der Waals surface area contributed by atoms with Crippen molar-refractivity contribution in [3.8, 4) is 5.75 Å². The lowest BCUT2D eigenvalue weighted by Gasteiger charge is -2.19. The predicted octanol–water partition coefficient (Wildman–Crippen LogP) is 3.22. The van der Waals surface area contributed by atoms with Gasteiger partial charge >= 0.3 is 0 Å². The zero-order valence-corrected chi connectivity index (χ0v) is 13.4. The Kier molecular flexibility index (Phi) is 5.06. The average Bonchev–Trinajstić information content (AvgIpc) is 2.70. The van der Waals surface area contributed by atoms with E-state index in [1.807, 2.05) is 19.2 Å². The lowest BCUT2D eigenvalue weighted by Crippen LogP contribution is -2.26. The zero-order valence-electron chi connectivity index (χ0n) is 10.2. The Balaban J connectivity index is 2.17. The van der Waals surface area contributed by atoms with Crippen molar-refractivity contribution in [1.29, 1.82) is 0 Å². The number of hydrogen-bond acceptors (Lipinski definition) is 3. The summed E-state index contributed by atoms with van der Waals surface area (Å²) in [4.78, 5) is 0. The molecular formula is C13H17Br2NO2. The summed E-state index contributed by atoms with van der Waals surface area (Å²) in [5, 5.41) is 12.9. The molecule has 0 amide bonds. The fourth-order valence-corrected chi connectivity index (χ4v) is 3.69. The molecule has 3 nitrogen and oxygen atoms in total. The lowest BCUT2D eigenvalue weighted by atomic mass is 10.2. The smallest absolute Gasteiger partial charge is 0.148 e. The highest BCUT2D eigenvalue weighted by atomic mass is 79.9. The van der Waals surface area contributed by atoms with Gasteiger partial charge in [-0.2, -0.15) is 0 Å². The maximum absolute atomic E-state index is 9.81. The van der Waals surface area contributed by atoms with Crippen molar-refractivity contribution >= 4 is 31.9 Å². The van der Waals surface area contributed by atoms with Gasteiger partial charge < -0.3 is 15.2 Å². The normalized spacial score (nSPS) is 23.3. The molecule has 0 bridgehead atoms. The first-order chi connectivity index (χ1) is 8.61. The van der Waals surface area contributed by atoms with E-state index in [0.717, 1.165) is 40.5 Å². The number of hydrogen-bond donors (Lipinski definition) is 2. The van der Waals surface area contributed by atoms with Crippen LogP contribution >= 0.6 is 31.9 Å². The zero-order chi connectivity index (χ0) is 13.1. The van der Waals surface area contributed by atoms with Crippen LogP contribution in [-0.2, 0) is 6.54 Å². The fourth-order valence-electron chi connectivity index (χ4n) is 2.23. The molecule has 0 spiro atoms. The number of benzene rings is 1. The van der Waals surface area contributed by atoms with Crippen LogP contribution < -0.4 is 10.1 Å². The van der Waals surface area contributed by atoms with Gasteiger partial charge in [-0.15, -0.1) is 0 Å². The molecule has 1 aromatic carbocycles. The van der Waals surface area contributed by atoms with Crippen LogP contribution in [-0.4, -0.2) is 24.4 Å². The third-order valence-electron chi connectivity index (χ3n) is 3.13. The van der Waals surface area contributed by atoms with Crippen molar-refractivity contribution in [2.24, 2.45) is 0 Å². The molecule has 1 saturated carbocycles. The SMILES string of the molecule is CNCc1cc(Br)c(OC2CCCC2O)c(Br)c1. The maximum Gasteiger partial charge on any atom is 0.148 e. The van der Waals surface area contributed by atoms with Crippen LogP contribution in [0.5, 0.6) is 5.75 Å². The van der Waals surface area contributed by atoms with Gasteiger partial charge in [0.25, 0.3) is 0 Å². The Hall–Kier alpha value is -0.100. The van der Waals surface area contributed by atoms with Gasteiger partial charge in [-0.05, 0) is 75.9 Å². The molecule has 1 aliphatic rings. The molecule has 0 aliphatic heterocycles. The number of aliphatic hydroxyl groups excluding tert-OH is 1. The van der Waals surface area contributed by atoms with E-state index >= 15 is 0 Å². The van der Waals surface area contributed by atoms with Gasteiger partial charge in [-0.1, -0.05) is 0 Å². The minimum Gasteiger partial charge on any atom is -0.485 e. The summed E-state index contributed by atoms with van der Waals surface area (Å²) in [6.45, 7) is 0.809. The molecule has 100 valence electrons. The Morgan fingerprint density at radius 2 is 2.00 bits per heavy atom. The number of rotatable bonds is 4. The van der Waals surface area contributed by atoms with E-state index in [9.17, 15) is 5.11 Å². The van der Waals surface area contributed by atoms with Crippen LogP contribution in [0.25, 0.3) is 0 Å². The van der Waals surface area contributed by atoms with E-state index in [1.54, 1.807) is 0 Å². The predicted molar refractivity (Wildman–Crippen MR) is 78.9 cm³/mol. The number of ether oxygens (including phenoxy) is 1. The summed E-state index contributed by atoms with van der Waals surface area (Å²) in [7, 11) is 1.92. The summed E-state index contributed by atoms with van der Waals surface area (Å²) in [5.41, 5.74) is 1.18. The topological polar surface area (TPSA) is 41.5 Å². The highest BCUT2D eigenvalue weighted by Gasteiger charge is 2.28. The molecule has 2 rings (SSSR count). The van der Waals surface area contributed by atoms with Crippen LogP contribution in [0.2, 0.25) is 0 Å². The van der Waals surface area contributed by atoms with Crippen molar-refractivity contribution in [1.82, 2.24) is 5.32 Å². The minimum absolute atomic E-state index is 0.0900. The molecule has 0 heterocycles. The first kappa shape index (κ1) is 14.3. The van der Waals surface area contributed by atoms with Crippen LogP contribution in [0.3, 0.4) is 0 Å². The van der Waals surface area contributed by atoms with Gasteiger partial charge in [-0.3, -0.25) is 0 Å². The summed E-state index contributed by atoms with van der Waals surface area (Å²) in [5.74, 6) is 0.779. The first-order valence-corrected chi connectivity index (χ1v) is 7.67. The van der Waals surface area contributed by atoms with Crippen molar-refractivity contribution in [3.63, 3.8) is 0 Å². The summed E-state index contributed by atoms with van der Waals surface area (Å²) in [6.07, 6.45) is 2.34. The monoisotopic (exact) mass is 377 g/mol. The van der Waals surface area contributed by atoms with E-state index in [1.165, 1.54) is 5.56 Å². The van der Waals surface area contributed by atoms with Gasteiger partial charge in [0.2, 0.25) is 0 Å². The van der Waals surface area contributed by atoms with Crippen LogP contribution in [0.1, 0.15) is 24.8 Å². The minimum atomic E-state index is -0.346. The molecule has 2 unspecified atom stereocenters. The van der Waals surface area contributed by atoms with E-state index < -0.39 is 0 Å². The van der Waals surface area contributed by atoms with Crippen LogP contribution in [0.15, 0.2) is 21.1 Å². The number of halogens is 2. The van der Waals surface area contributed by atoms with Gasteiger partial charge in [0, 0.05) is 6.54 Å². The lowest BCUT2D eigenvalue weighted by molar-refractivity contribution is 0.0594. The second-order valence-electron chi connectivity index (χ2n) is 4.57. The third-order valence-corrected chi connectivity index (χ3v) is 4.30. The second-order valence-corrected chi connectivity index (χ2v) is 6.28. The Bertz CT molecular complexity index is 402. The summed E-state index contributed by atoms with van der Waals surface area (Å²) >= 11 is 7.06. The highest BCUT2D eigenvalue weighted by molar-refractivity contribution is 9.11. The van der Waals surface area contributed by atoms with E-state index in [0.29, 0.717) is 0 Å². The highest BCUT2D eigenvalue weighted by Crippen LogP contribution is 2.37. The van der Waals surface area contributed by atoms with Gasteiger partial charge in [0.05, 0.1) is 15.0 Å². The Labute approximate surface area is 124 Å². The Morgan fingerprint density at radius 1 is 1.33 bits per heavy atom. The van der Waals surface area contributed by atoms with E-state index in [-0.39, 0.29) is 12.2 Å². The Morgan fingerprint density at radius 3 is 2.50 bits per heavy atom. The molecule has 18 heavy (non-hydrogen) atoms. The van der Waals surface area contributed by atoms with Crippen molar-refractivity contribution < 1.29 is 9.84 Å². The van der Waals surface area contributed by atoms with Crippen molar-refractivity contribution in [2.45, 2.75) is 38.0 Å². The maximum atomic E-state index is 9.81. The third kappa shape index (κ3) is 3.26. The van der Waals surface area contributed by atoms with Gasteiger partial charge in [0.1, 0.15) is 11.9 Å². The molecule has 0 aromatic heterocycles. The van der Waals surface area contributed by atoms with E-state index in [2.05, 4.69) is 37.2 Å². The van der Waals surface area contributed by atoms with Gasteiger partial charge in [-0.25, -0.2) is 0 Å².